The Labute approximate surface area is 357 Å². The van der Waals surface area contributed by atoms with Crippen LogP contribution in [0.4, 0.5) is 0 Å². The van der Waals surface area contributed by atoms with E-state index in [-0.39, 0.29) is 29.6 Å². The molecule has 0 radical (unpaired) electrons. The van der Waals surface area contributed by atoms with Gasteiger partial charge in [-0.05, 0) is 85.8 Å². The molecule has 4 nitrogen and oxygen atoms in total. The Morgan fingerprint density at radius 1 is 0.370 bits per heavy atom. The van der Waals surface area contributed by atoms with Crippen LogP contribution in [0.5, 0.6) is 11.5 Å². The van der Waals surface area contributed by atoms with Crippen LogP contribution in [0.15, 0.2) is 36.4 Å². The average molecular weight is 778 g/mol. The summed E-state index contributed by atoms with van der Waals surface area (Å²) in [6.07, 6.45) is 38.4. The van der Waals surface area contributed by atoms with E-state index < -0.39 is 10.4 Å². The number of hydrogen-bond donors (Lipinski definition) is 0. The summed E-state index contributed by atoms with van der Waals surface area (Å²) in [4.78, 5) is 0. The molecule has 2 aromatic carbocycles. The maximum absolute atomic E-state index is 13.8. The van der Waals surface area contributed by atoms with Crippen LogP contribution in [-0.4, -0.2) is 8.42 Å². The number of hydrogen-bond acceptors (Lipinski definition) is 4. The minimum Gasteiger partial charge on any atom is -0.353 e. The van der Waals surface area contributed by atoms with Crippen LogP contribution in [0.3, 0.4) is 0 Å². The van der Waals surface area contributed by atoms with Crippen molar-refractivity contribution >= 4 is 10.4 Å². The molecule has 2 aromatic rings. The molecule has 0 heterocycles. The van der Waals surface area contributed by atoms with Crippen molar-refractivity contribution in [2.45, 2.75) is 233 Å². The monoisotopic (exact) mass is 778 g/mol. The zero-order valence-corrected chi connectivity index (χ0v) is 38.9. The van der Waals surface area contributed by atoms with E-state index in [9.17, 15) is 8.42 Å². The summed E-state index contributed by atoms with van der Waals surface area (Å²) in [5.41, 5.74) is 4.56. The first-order valence-electron chi connectivity index (χ1n) is 22.8. The maximum atomic E-state index is 13.8. The van der Waals surface area contributed by atoms with Gasteiger partial charge in [-0.15, -0.1) is 8.42 Å². The predicted molar refractivity (Wildman–Crippen MR) is 230 cm³/mol. The fourth-order valence-electron chi connectivity index (χ4n) is 7.71. The first-order valence-corrected chi connectivity index (χ1v) is 24.1. The smallest absolute Gasteiger partial charge is 0.353 e. The normalized spacial score (nSPS) is 11.5. The van der Waals surface area contributed by atoms with E-state index in [4.69, 9.17) is 8.37 Å². The van der Waals surface area contributed by atoms with Crippen molar-refractivity contribution in [2.24, 2.45) is 0 Å². The van der Waals surface area contributed by atoms with Crippen LogP contribution in [0.2, 0.25) is 0 Å². The number of unbranched alkanes of at least 4 members (excludes halogenated alkanes) is 24. The van der Waals surface area contributed by atoms with Gasteiger partial charge in [0, 0.05) is 0 Å². The third-order valence-corrected chi connectivity index (χ3v) is 11.8. The average Bonchev–Trinajstić information content (AvgIpc) is 3.14. The molecule has 0 aliphatic carbocycles. The molecule has 0 bridgehead atoms. The Balaban J connectivity index is 0.0000146. The quantitative estimate of drug-likeness (QED) is 0.0511. The SMILES string of the molecule is CCCCCCCCCc1cccc(OS(=O)(=O)Oc2cccc(CCCCCCCCC)c2CCCCCCCCC)c1CCCCCCCCC.[Na+]. The number of benzene rings is 2. The summed E-state index contributed by atoms with van der Waals surface area (Å²) in [6, 6.07) is 12.0. The van der Waals surface area contributed by atoms with E-state index >= 15 is 0 Å². The Morgan fingerprint density at radius 3 is 0.926 bits per heavy atom. The van der Waals surface area contributed by atoms with Crippen molar-refractivity contribution in [3.63, 3.8) is 0 Å². The van der Waals surface area contributed by atoms with E-state index in [1.165, 1.54) is 152 Å². The van der Waals surface area contributed by atoms with Gasteiger partial charge < -0.3 is 8.37 Å². The van der Waals surface area contributed by atoms with Crippen molar-refractivity contribution in [2.75, 3.05) is 0 Å². The fraction of sp³-hybridized carbons (Fsp3) is 0.750. The third-order valence-electron chi connectivity index (χ3n) is 11.0. The van der Waals surface area contributed by atoms with Gasteiger partial charge in [-0.1, -0.05) is 206 Å². The van der Waals surface area contributed by atoms with Crippen molar-refractivity contribution in [3.05, 3.63) is 58.7 Å². The standard InChI is InChI=1S/C48H82O4S.Na/c1-5-9-13-17-21-25-29-35-43-37-33-41-47(45(43)39-31-27-23-19-15-11-7-3)51-53(49,50)52-48-42-34-38-44(36-30-26-22-18-14-10-6-2)46(48)40-32-28-24-20-16-12-8-4;/h33-34,37-38,41-42H,5-32,35-36,39-40H2,1-4H3;/q;+1. The molecule has 54 heavy (non-hydrogen) atoms. The van der Waals surface area contributed by atoms with Crippen molar-refractivity contribution in [1.29, 1.82) is 0 Å². The van der Waals surface area contributed by atoms with Gasteiger partial charge in [-0.3, -0.25) is 0 Å². The zero-order chi connectivity index (χ0) is 38.2. The van der Waals surface area contributed by atoms with Gasteiger partial charge in [0.05, 0.1) is 0 Å². The first kappa shape index (κ1) is 51.0. The molecule has 0 saturated heterocycles. The van der Waals surface area contributed by atoms with Gasteiger partial charge in [0.2, 0.25) is 0 Å². The molecule has 0 spiro atoms. The molecule has 0 aromatic heterocycles. The molecule has 0 unspecified atom stereocenters. The van der Waals surface area contributed by atoms with Gasteiger partial charge >= 0.3 is 40.0 Å². The van der Waals surface area contributed by atoms with Crippen molar-refractivity contribution < 1.29 is 46.3 Å². The molecule has 0 atom stereocenters. The van der Waals surface area contributed by atoms with E-state index in [2.05, 4.69) is 39.8 Å². The Hall–Kier alpha value is -1.01. The summed E-state index contributed by atoms with van der Waals surface area (Å²) in [5.74, 6) is 0.897. The second kappa shape index (κ2) is 34.1. The first-order chi connectivity index (χ1) is 26.0. The van der Waals surface area contributed by atoms with Gasteiger partial charge in [-0.2, -0.15) is 0 Å². The summed E-state index contributed by atoms with van der Waals surface area (Å²) in [7, 11) is -4.33. The van der Waals surface area contributed by atoms with Gasteiger partial charge in [-0.25, -0.2) is 0 Å². The molecule has 2 rings (SSSR count). The topological polar surface area (TPSA) is 52.6 Å². The molecular formula is C48H82NaO4S+. The summed E-state index contributed by atoms with van der Waals surface area (Å²) < 4.78 is 39.4. The van der Waals surface area contributed by atoms with Crippen molar-refractivity contribution in [3.8, 4) is 11.5 Å². The van der Waals surface area contributed by atoms with E-state index in [1.54, 1.807) is 0 Å². The van der Waals surface area contributed by atoms with Gasteiger partial charge in [0.1, 0.15) is 11.5 Å². The summed E-state index contributed by atoms with van der Waals surface area (Å²) in [6.45, 7) is 9.04. The van der Waals surface area contributed by atoms with Crippen LogP contribution < -0.4 is 37.9 Å². The van der Waals surface area contributed by atoms with Crippen LogP contribution in [0.1, 0.15) is 230 Å². The Morgan fingerprint density at radius 2 is 0.630 bits per heavy atom. The van der Waals surface area contributed by atoms with Crippen molar-refractivity contribution in [1.82, 2.24) is 0 Å². The molecule has 0 aliphatic rings. The Kier molecular flexibility index (Phi) is 32.2. The van der Waals surface area contributed by atoms with Crippen LogP contribution >= 0.6 is 0 Å². The number of aryl methyl sites for hydroxylation is 2. The summed E-state index contributed by atoms with van der Waals surface area (Å²) in [5, 5.41) is 0. The second-order valence-electron chi connectivity index (χ2n) is 15.8. The Bertz CT molecular complexity index is 1190. The van der Waals surface area contributed by atoms with Crippen LogP contribution in [-0.2, 0) is 36.1 Å². The second-order valence-corrected chi connectivity index (χ2v) is 17.0. The number of rotatable bonds is 36. The molecule has 304 valence electrons. The molecule has 0 saturated carbocycles. The minimum absolute atomic E-state index is 0. The van der Waals surface area contributed by atoms with E-state index in [1.807, 2.05) is 24.3 Å². The summed E-state index contributed by atoms with van der Waals surface area (Å²) >= 11 is 0. The van der Waals surface area contributed by atoms with E-state index in [0.717, 1.165) is 75.3 Å². The van der Waals surface area contributed by atoms with Crippen LogP contribution in [0.25, 0.3) is 0 Å². The third kappa shape index (κ3) is 23.9. The van der Waals surface area contributed by atoms with E-state index in [0.29, 0.717) is 11.5 Å². The van der Waals surface area contributed by atoms with Gasteiger partial charge in [0.25, 0.3) is 0 Å². The maximum Gasteiger partial charge on any atom is 1.00 e. The molecule has 0 amide bonds. The molecular weight excluding hydrogens is 696 g/mol. The van der Waals surface area contributed by atoms with Crippen LogP contribution in [0, 0.1) is 0 Å². The molecule has 0 aliphatic heterocycles. The van der Waals surface area contributed by atoms with Gasteiger partial charge in [0.15, 0.2) is 0 Å². The zero-order valence-electron chi connectivity index (χ0n) is 36.1. The largest absolute Gasteiger partial charge is 1.00 e. The minimum atomic E-state index is -4.33. The predicted octanol–water partition coefficient (Wildman–Crippen LogP) is 12.6. The molecule has 6 heteroatoms. The molecule has 0 fully saturated rings. The fourth-order valence-corrected chi connectivity index (χ4v) is 8.50. The molecule has 0 N–H and O–H groups in total.